The van der Waals surface area contributed by atoms with Crippen molar-refractivity contribution in [1.82, 2.24) is 20.2 Å². The summed E-state index contributed by atoms with van der Waals surface area (Å²) in [5, 5.41) is 20.6. The Kier molecular flexibility index (Phi) is 3.79. The Morgan fingerprint density at radius 1 is 1.39 bits per heavy atom. The van der Waals surface area contributed by atoms with Gasteiger partial charge in [0, 0.05) is 0 Å². The van der Waals surface area contributed by atoms with Crippen LogP contribution in [0.1, 0.15) is 6.92 Å². The van der Waals surface area contributed by atoms with Gasteiger partial charge in [0.2, 0.25) is 5.16 Å². The molecule has 0 amide bonds. The van der Waals surface area contributed by atoms with Gasteiger partial charge in [0.1, 0.15) is 5.75 Å². The summed E-state index contributed by atoms with van der Waals surface area (Å²) in [5.74, 6) is 0.770. The van der Waals surface area contributed by atoms with Gasteiger partial charge in [-0.15, -0.1) is 5.10 Å². The summed E-state index contributed by atoms with van der Waals surface area (Å²) in [7, 11) is 1.61. The van der Waals surface area contributed by atoms with Gasteiger partial charge < -0.3 is 4.74 Å². The van der Waals surface area contributed by atoms with E-state index in [4.69, 9.17) is 10.00 Å². The van der Waals surface area contributed by atoms with Crippen molar-refractivity contribution in [3.05, 3.63) is 24.3 Å². The Morgan fingerprint density at radius 2 is 2.11 bits per heavy atom. The molecule has 1 aromatic heterocycles. The van der Waals surface area contributed by atoms with Crippen LogP contribution in [0.3, 0.4) is 0 Å². The second-order valence-corrected chi connectivity index (χ2v) is 4.77. The number of hydrogen-bond donors (Lipinski definition) is 0. The zero-order valence-corrected chi connectivity index (χ0v) is 10.8. The maximum absolute atomic E-state index is 8.80. The maximum Gasteiger partial charge on any atom is 0.215 e. The molecule has 0 radical (unpaired) electrons. The van der Waals surface area contributed by atoms with Crippen LogP contribution in [0.5, 0.6) is 5.75 Å². The van der Waals surface area contributed by atoms with E-state index in [2.05, 4.69) is 21.6 Å². The van der Waals surface area contributed by atoms with Crippen LogP contribution >= 0.6 is 11.8 Å². The van der Waals surface area contributed by atoms with E-state index in [1.165, 1.54) is 11.8 Å². The van der Waals surface area contributed by atoms with Crippen molar-refractivity contribution in [3.8, 4) is 17.5 Å². The van der Waals surface area contributed by atoms with Crippen molar-refractivity contribution in [2.45, 2.75) is 17.3 Å². The van der Waals surface area contributed by atoms with E-state index in [-0.39, 0.29) is 5.25 Å². The number of thioether (sulfide) groups is 1. The Balaban J connectivity index is 2.27. The molecule has 7 heteroatoms. The predicted molar refractivity (Wildman–Crippen MR) is 66.6 cm³/mol. The molecule has 2 aromatic rings. The Morgan fingerprint density at radius 3 is 2.72 bits per heavy atom. The highest BCUT2D eigenvalue weighted by atomic mass is 32.2. The summed E-state index contributed by atoms with van der Waals surface area (Å²) < 4.78 is 6.68. The summed E-state index contributed by atoms with van der Waals surface area (Å²) in [6, 6.07) is 9.51. The summed E-state index contributed by atoms with van der Waals surface area (Å²) in [4.78, 5) is 0. The lowest BCUT2D eigenvalue weighted by Gasteiger charge is -2.05. The highest BCUT2D eigenvalue weighted by molar-refractivity contribution is 8.00. The zero-order chi connectivity index (χ0) is 13.0. The van der Waals surface area contributed by atoms with Crippen molar-refractivity contribution >= 4 is 11.8 Å². The normalized spacial score (nSPS) is 11.8. The summed E-state index contributed by atoms with van der Waals surface area (Å²) >= 11 is 1.32. The largest absolute Gasteiger partial charge is 0.497 e. The van der Waals surface area contributed by atoms with Gasteiger partial charge in [-0.25, -0.2) is 0 Å². The number of methoxy groups -OCH3 is 1. The third-order valence-corrected chi connectivity index (χ3v) is 3.15. The Labute approximate surface area is 109 Å². The highest BCUT2D eigenvalue weighted by Gasteiger charge is 2.12. The minimum Gasteiger partial charge on any atom is -0.497 e. The van der Waals surface area contributed by atoms with Crippen LogP contribution in [0.2, 0.25) is 0 Å². The lowest BCUT2D eigenvalue weighted by atomic mass is 10.3. The molecule has 0 N–H and O–H groups in total. The molecule has 0 bridgehead atoms. The van der Waals surface area contributed by atoms with Gasteiger partial charge in [-0.3, -0.25) is 0 Å². The molecule has 1 atom stereocenters. The second-order valence-electron chi connectivity index (χ2n) is 3.46. The minimum atomic E-state index is -0.201. The lowest BCUT2D eigenvalue weighted by molar-refractivity contribution is 0.414. The monoisotopic (exact) mass is 261 g/mol. The average molecular weight is 261 g/mol. The fourth-order valence-corrected chi connectivity index (χ4v) is 2.02. The molecule has 6 nitrogen and oxygen atoms in total. The van der Waals surface area contributed by atoms with Gasteiger partial charge in [-0.05, 0) is 41.6 Å². The van der Waals surface area contributed by atoms with Crippen molar-refractivity contribution in [2.75, 3.05) is 7.11 Å². The molecule has 2 rings (SSSR count). The lowest BCUT2D eigenvalue weighted by Crippen LogP contribution is -2.01. The fourth-order valence-electron chi connectivity index (χ4n) is 1.32. The standard InChI is InChI=1S/C11H11N5OS/c1-8(7-12)18-11-13-14-15-16(11)9-3-5-10(17-2)6-4-9/h3-6,8H,1-2H3/t8-/m1/s1. The van der Waals surface area contributed by atoms with Crippen molar-refractivity contribution < 1.29 is 4.74 Å². The van der Waals surface area contributed by atoms with E-state index in [0.29, 0.717) is 5.16 Å². The van der Waals surface area contributed by atoms with Crippen LogP contribution in [-0.4, -0.2) is 32.6 Å². The molecular formula is C11H11N5OS. The van der Waals surface area contributed by atoms with Crippen molar-refractivity contribution in [3.63, 3.8) is 0 Å². The summed E-state index contributed by atoms with van der Waals surface area (Å²) in [6.07, 6.45) is 0. The second kappa shape index (κ2) is 5.51. The molecule has 0 unspecified atom stereocenters. The molecule has 0 aliphatic carbocycles. The van der Waals surface area contributed by atoms with E-state index in [1.54, 1.807) is 18.7 Å². The topological polar surface area (TPSA) is 76.6 Å². The van der Waals surface area contributed by atoms with Crippen LogP contribution < -0.4 is 4.74 Å². The first-order chi connectivity index (χ1) is 8.74. The van der Waals surface area contributed by atoms with Gasteiger partial charge in [0.15, 0.2) is 0 Å². The Hall–Kier alpha value is -2.07. The van der Waals surface area contributed by atoms with Gasteiger partial charge in [-0.1, -0.05) is 11.8 Å². The van der Waals surface area contributed by atoms with E-state index in [1.807, 2.05) is 24.3 Å². The average Bonchev–Trinajstić information content (AvgIpc) is 2.86. The van der Waals surface area contributed by atoms with Crippen molar-refractivity contribution in [2.24, 2.45) is 0 Å². The smallest absolute Gasteiger partial charge is 0.215 e. The molecule has 0 saturated carbocycles. The first-order valence-corrected chi connectivity index (χ1v) is 6.11. The van der Waals surface area contributed by atoms with E-state index in [0.717, 1.165) is 11.4 Å². The molecular weight excluding hydrogens is 250 g/mol. The number of nitriles is 1. The van der Waals surface area contributed by atoms with E-state index >= 15 is 0 Å². The van der Waals surface area contributed by atoms with Crippen molar-refractivity contribution in [1.29, 1.82) is 5.26 Å². The molecule has 1 aromatic carbocycles. The van der Waals surface area contributed by atoms with Gasteiger partial charge in [0.05, 0.1) is 24.1 Å². The highest BCUT2D eigenvalue weighted by Crippen LogP contribution is 2.23. The SMILES string of the molecule is COc1ccc(-n2nnnc2S[C@H](C)C#N)cc1. The van der Waals surface area contributed by atoms with Crippen LogP contribution in [-0.2, 0) is 0 Å². The van der Waals surface area contributed by atoms with Crippen LogP contribution in [0.25, 0.3) is 5.69 Å². The van der Waals surface area contributed by atoms with Crippen LogP contribution in [0.15, 0.2) is 29.4 Å². The molecule has 18 heavy (non-hydrogen) atoms. The third-order valence-electron chi connectivity index (χ3n) is 2.22. The predicted octanol–water partition coefficient (Wildman–Crippen LogP) is 1.68. The molecule has 0 aliphatic heterocycles. The molecule has 0 aliphatic rings. The number of rotatable bonds is 4. The van der Waals surface area contributed by atoms with Gasteiger partial charge >= 0.3 is 0 Å². The van der Waals surface area contributed by atoms with Gasteiger partial charge in [-0.2, -0.15) is 9.94 Å². The summed E-state index contributed by atoms with van der Waals surface area (Å²) in [5.41, 5.74) is 0.827. The summed E-state index contributed by atoms with van der Waals surface area (Å²) in [6.45, 7) is 1.80. The number of aromatic nitrogens is 4. The van der Waals surface area contributed by atoms with Crippen LogP contribution in [0.4, 0.5) is 0 Å². The van der Waals surface area contributed by atoms with Gasteiger partial charge in [0.25, 0.3) is 0 Å². The number of tetrazole rings is 1. The number of ether oxygens (including phenoxy) is 1. The Bertz CT molecular complexity index is 560. The minimum absolute atomic E-state index is 0.201. The van der Waals surface area contributed by atoms with E-state index in [9.17, 15) is 0 Å². The maximum atomic E-state index is 8.80. The first kappa shape index (κ1) is 12.4. The zero-order valence-electron chi connectivity index (χ0n) is 9.94. The quantitative estimate of drug-likeness (QED) is 0.779. The number of nitrogens with zero attached hydrogens (tertiary/aromatic N) is 5. The number of benzene rings is 1. The van der Waals surface area contributed by atoms with Crippen LogP contribution in [0, 0.1) is 11.3 Å². The molecule has 0 spiro atoms. The third kappa shape index (κ3) is 2.60. The number of hydrogen-bond acceptors (Lipinski definition) is 6. The molecule has 0 fully saturated rings. The fraction of sp³-hybridized carbons (Fsp3) is 0.273. The van der Waals surface area contributed by atoms with E-state index < -0.39 is 0 Å². The molecule has 1 heterocycles. The molecule has 0 saturated heterocycles. The first-order valence-electron chi connectivity index (χ1n) is 5.23. The molecule has 92 valence electrons.